The molecule has 0 aliphatic carbocycles. The van der Waals surface area contributed by atoms with Crippen molar-refractivity contribution in [3.63, 3.8) is 0 Å². The molecule has 3 heterocycles. The van der Waals surface area contributed by atoms with Crippen LogP contribution >= 0.6 is 0 Å². The third-order valence-electron chi connectivity index (χ3n) is 4.91. The summed E-state index contributed by atoms with van der Waals surface area (Å²) in [5.74, 6) is -0.765. The van der Waals surface area contributed by atoms with Crippen LogP contribution < -0.4 is 16.6 Å². The Kier molecular flexibility index (Phi) is 5.05. The van der Waals surface area contributed by atoms with E-state index >= 15 is 0 Å². The number of hydrogen-bond acceptors (Lipinski definition) is 6. The van der Waals surface area contributed by atoms with Gasteiger partial charge in [0.1, 0.15) is 41.2 Å². The van der Waals surface area contributed by atoms with Gasteiger partial charge in [-0.3, -0.25) is 9.20 Å². The van der Waals surface area contributed by atoms with Crippen molar-refractivity contribution in [1.82, 2.24) is 14.4 Å². The van der Waals surface area contributed by atoms with E-state index in [0.717, 1.165) is 6.20 Å². The molecular formula is C22H16F2N6O. The normalized spacial score (nSPS) is 11.8. The topological polar surface area (TPSA) is 109 Å². The van der Waals surface area contributed by atoms with Crippen molar-refractivity contribution >= 4 is 17.2 Å². The minimum atomic E-state index is -0.561. The molecule has 0 spiro atoms. The molecule has 3 aromatic heterocycles. The standard InChI is InChI=1S/C22H16F2N6O/c1-12(29-21-18(9-25)20(26)27-11-28-21)17-8-16-7-6-15(24)10-30(16)22(31)19(17)13-2-4-14(23)5-3-13/h2-8,10-12H,1H3,(H3,26,27,28,29). The van der Waals surface area contributed by atoms with Gasteiger partial charge in [-0.05, 0) is 48.4 Å². The lowest BCUT2D eigenvalue weighted by Crippen LogP contribution is -2.21. The first-order chi connectivity index (χ1) is 14.9. The molecule has 0 aliphatic rings. The maximum atomic E-state index is 13.8. The quantitative estimate of drug-likeness (QED) is 0.524. The number of halogens is 2. The van der Waals surface area contributed by atoms with E-state index < -0.39 is 23.2 Å². The minimum Gasteiger partial charge on any atom is -0.382 e. The second kappa shape index (κ2) is 7.84. The first-order valence-corrected chi connectivity index (χ1v) is 9.27. The van der Waals surface area contributed by atoms with Crippen LogP contribution in [0.4, 0.5) is 20.4 Å². The van der Waals surface area contributed by atoms with E-state index in [0.29, 0.717) is 16.6 Å². The summed E-state index contributed by atoms with van der Waals surface area (Å²) in [7, 11) is 0. The van der Waals surface area contributed by atoms with Crippen LogP contribution in [0.2, 0.25) is 0 Å². The van der Waals surface area contributed by atoms with Crippen LogP contribution in [0.15, 0.2) is 59.8 Å². The fourth-order valence-electron chi connectivity index (χ4n) is 3.41. The monoisotopic (exact) mass is 418 g/mol. The van der Waals surface area contributed by atoms with E-state index in [2.05, 4.69) is 15.3 Å². The lowest BCUT2D eigenvalue weighted by molar-refractivity contribution is 0.618. The van der Waals surface area contributed by atoms with Gasteiger partial charge in [-0.15, -0.1) is 0 Å². The van der Waals surface area contributed by atoms with Crippen LogP contribution in [0.1, 0.15) is 24.1 Å². The minimum absolute atomic E-state index is 0.0278. The number of fused-ring (bicyclic) bond motifs is 1. The first-order valence-electron chi connectivity index (χ1n) is 9.27. The predicted octanol–water partition coefficient (Wildman–Crippen LogP) is 3.66. The Balaban J connectivity index is 1.92. The van der Waals surface area contributed by atoms with Gasteiger partial charge >= 0.3 is 0 Å². The zero-order valence-corrected chi connectivity index (χ0v) is 16.3. The molecule has 9 heteroatoms. The van der Waals surface area contributed by atoms with Crippen molar-refractivity contribution in [1.29, 1.82) is 5.26 Å². The van der Waals surface area contributed by atoms with E-state index in [9.17, 15) is 18.8 Å². The number of nitrogens with two attached hydrogens (primary N) is 1. The number of nitrogen functional groups attached to an aromatic ring is 1. The number of nitriles is 1. The van der Waals surface area contributed by atoms with Gasteiger partial charge in [-0.1, -0.05) is 12.1 Å². The van der Waals surface area contributed by atoms with E-state index in [1.807, 2.05) is 6.07 Å². The molecule has 154 valence electrons. The largest absolute Gasteiger partial charge is 0.382 e. The Bertz CT molecular complexity index is 1390. The number of rotatable bonds is 4. The molecule has 0 aliphatic heterocycles. The number of hydrogen-bond donors (Lipinski definition) is 2. The highest BCUT2D eigenvalue weighted by molar-refractivity contribution is 5.72. The van der Waals surface area contributed by atoms with Crippen molar-refractivity contribution in [3.8, 4) is 17.2 Å². The molecule has 0 radical (unpaired) electrons. The average molecular weight is 418 g/mol. The summed E-state index contributed by atoms with van der Waals surface area (Å²) in [4.78, 5) is 21.2. The number of aromatic nitrogens is 3. The predicted molar refractivity (Wildman–Crippen MR) is 112 cm³/mol. The van der Waals surface area contributed by atoms with E-state index in [1.165, 1.54) is 47.1 Å². The molecule has 0 fully saturated rings. The van der Waals surface area contributed by atoms with Crippen molar-refractivity contribution in [3.05, 3.63) is 88.1 Å². The SMILES string of the molecule is CC(Nc1ncnc(N)c1C#N)c1cc2ccc(F)cn2c(=O)c1-c1ccc(F)cc1. The smallest absolute Gasteiger partial charge is 0.263 e. The summed E-state index contributed by atoms with van der Waals surface area (Å²) in [6.45, 7) is 1.78. The molecule has 0 saturated carbocycles. The van der Waals surface area contributed by atoms with Gasteiger partial charge in [0.15, 0.2) is 0 Å². The zero-order valence-electron chi connectivity index (χ0n) is 16.3. The summed E-state index contributed by atoms with van der Waals surface area (Å²) >= 11 is 0. The molecule has 4 aromatic rings. The average Bonchev–Trinajstić information content (AvgIpc) is 2.75. The van der Waals surface area contributed by atoms with E-state index in [-0.39, 0.29) is 22.8 Å². The van der Waals surface area contributed by atoms with Crippen LogP contribution in [0.25, 0.3) is 16.6 Å². The van der Waals surface area contributed by atoms with Crippen molar-refractivity contribution in [2.24, 2.45) is 0 Å². The molecule has 0 saturated heterocycles. The summed E-state index contributed by atoms with van der Waals surface area (Å²) in [6, 6.07) is 11.4. The molecule has 1 atom stereocenters. The molecule has 1 aromatic carbocycles. The van der Waals surface area contributed by atoms with Gasteiger partial charge < -0.3 is 11.1 Å². The molecular weight excluding hydrogens is 402 g/mol. The second-order valence-corrected chi connectivity index (χ2v) is 6.89. The van der Waals surface area contributed by atoms with Gasteiger partial charge in [0.2, 0.25) is 0 Å². The van der Waals surface area contributed by atoms with E-state index in [4.69, 9.17) is 5.73 Å². The molecule has 0 amide bonds. The lowest BCUT2D eigenvalue weighted by Gasteiger charge is -2.20. The van der Waals surface area contributed by atoms with Crippen molar-refractivity contribution in [2.75, 3.05) is 11.1 Å². The fourth-order valence-corrected chi connectivity index (χ4v) is 3.41. The third-order valence-corrected chi connectivity index (χ3v) is 4.91. The second-order valence-electron chi connectivity index (χ2n) is 6.89. The fraction of sp³-hybridized carbons (Fsp3) is 0.0909. The first kappa shape index (κ1) is 20.0. The molecule has 1 unspecified atom stereocenters. The van der Waals surface area contributed by atoms with Gasteiger partial charge in [0.25, 0.3) is 5.56 Å². The molecule has 4 rings (SSSR count). The molecule has 0 bridgehead atoms. The maximum Gasteiger partial charge on any atom is 0.263 e. The highest BCUT2D eigenvalue weighted by Crippen LogP contribution is 2.30. The zero-order chi connectivity index (χ0) is 22.1. The Labute approximate surface area is 175 Å². The Hall–Kier alpha value is -4.32. The van der Waals surface area contributed by atoms with Gasteiger partial charge in [-0.25, -0.2) is 18.7 Å². The highest BCUT2D eigenvalue weighted by Gasteiger charge is 2.20. The Morgan fingerprint density at radius 3 is 2.55 bits per heavy atom. The number of nitrogens with one attached hydrogen (secondary N) is 1. The summed E-state index contributed by atoms with van der Waals surface area (Å²) in [5.41, 5.74) is 7.15. The summed E-state index contributed by atoms with van der Waals surface area (Å²) < 4.78 is 28.5. The van der Waals surface area contributed by atoms with Gasteiger partial charge in [0.05, 0.1) is 11.6 Å². The van der Waals surface area contributed by atoms with Crippen molar-refractivity contribution in [2.45, 2.75) is 13.0 Å². The third kappa shape index (κ3) is 3.67. The number of benzene rings is 1. The van der Waals surface area contributed by atoms with Crippen LogP contribution in [-0.4, -0.2) is 14.4 Å². The van der Waals surface area contributed by atoms with Crippen LogP contribution in [0.3, 0.4) is 0 Å². The Morgan fingerprint density at radius 1 is 1.13 bits per heavy atom. The summed E-state index contributed by atoms with van der Waals surface area (Å²) in [5, 5.41) is 12.5. The van der Waals surface area contributed by atoms with Crippen LogP contribution in [-0.2, 0) is 0 Å². The molecule has 31 heavy (non-hydrogen) atoms. The van der Waals surface area contributed by atoms with Gasteiger partial charge in [0, 0.05) is 11.7 Å². The summed E-state index contributed by atoms with van der Waals surface area (Å²) in [6.07, 6.45) is 2.33. The number of pyridine rings is 2. The molecule has 3 N–H and O–H groups in total. The lowest BCUT2D eigenvalue weighted by atomic mass is 9.96. The highest BCUT2D eigenvalue weighted by atomic mass is 19.1. The molecule has 7 nitrogen and oxygen atoms in total. The maximum absolute atomic E-state index is 13.8. The van der Waals surface area contributed by atoms with Crippen LogP contribution in [0, 0.1) is 23.0 Å². The number of anilines is 2. The van der Waals surface area contributed by atoms with Gasteiger partial charge in [-0.2, -0.15) is 5.26 Å². The van der Waals surface area contributed by atoms with Crippen LogP contribution in [0.5, 0.6) is 0 Å². The Morgan fingerprint density at radius 2 is 1.84 bits per heavy atom. The number of nitrogens with zero attached hydrogens (tertiary/aromatic N) is 4. The van der Waals surface area contributed by atoms with E-state index in [1.54, 1.807) is 13.0 Å². The van der Waals surface area contributed by atoms with Crippen molar-refractivity contribution < 1.29 is 8.78 Å².